The lowest BCUT2D eigenvalue weighted by atomic mass is 9.94. The second kappa shape index (κ2) is 8.53. The van der Waals surface area contributed by atoms with Gasteiger partial charge in [-0.15, -0.1) is 0 Å². The molecule has 1 fully saturated rings. The van der Waals surface area contributed by atoms with Crippen molar-refractivity contribution in [3.63, 3.8) is 0 Å². The molecule has 0 radical (unpaired) electrons. The van der Waals surface area contributed by atoms with Gasteiger partial charge in [-0.2, -0.15) is 0 Å². The molecule has 1 N–H and O–H groups in total. The summed E-state index contributed by atoms with van der Waals surface area (Å²) in [6, 6.07) is 0. The highest BCUT2D eigenvalue weighted by molar-refractivity contribution is 5.06. The lowest BCUT2D eigenvalue weighted by Gasteiger charge is -2.40. The zero-order chi connectivity index (χ0) is 14.3. The molecule has 1 heterocycles. The van der Waals surface area contributed by atoms with Gasteiger partial charge in [0.05, 0.1) is 0 Å². The van der Waals surface area contributed by atoms with Crippen molar-refractivity contribution >= 4 is 0 Å². The van der Waals surface area contributed by atoms with Crippen molar-refractivity contribution in [1.82, 2.24) is 0 Å². The van der Waals surface area contributed by atoms with Crippen molar-refractivity contribution in [3.05, 3.63) is 12.3 Å². The first-order valence-electron chi connectivity index (χ1n) is 6.82. The molecule has 0 aliphatic carbocycles. The van der Waals surface area contributed by atoms with Crippen LogP contribution in [0.1, 0.15) is 32.6 Å². The Morgan fingerprint density at radius 3 is 2.63 bits per heavy atom. The molecule has 5 heteroatoms. The van der Waals surface area contributed by atoms with Crippen LogP contribution in [-0.2, 0) is 18.9 Å². The first-order valence-corrected chi connectivity index (χ1v) is 6.82. The molecule has 0 spiro atoms. The number of aliphatic hydroxyl groups is 1. The summed E-state index contributed by atoms with van der Waals surface area (Å²) in [6.07, 6.45) is 2.15. The summed E-state index contributed by atoms with van der Waals surface area (Å²) < 4.78 is 21.4. The lowest BCUT2D eigenvalue weighted by molar-refractivity contribution is -0.209. The Kier molecular flexibility index (Phi) is 7.38. The Bertz CT molecular complexity index is 269. The predicted octanol–water partition coefficient (Wildman–Crippen LogP) is 1.84. The summed E-state index contributed by atoms with van der Waals surface area (Å²) >= 11 is 0. The van der Waals surface area contributed by atoms with E-state index in [1.165, 1.54) is 7.11 Å². The van der Waals surface area contributed by atoms with E-state index in [9.17, 15) is 5.11 Å². The summed E-state index contributed by atoms with van der Waals surface area (Å²) in [4.78, 5) is 0. The van der Waals surface area contributed by atoms with Gasteiger partial charge in [0.15, 0.2) is 0 Å². The SMILES string of the molecule is C=C1O[C@H](CCCCC)[C@@H](OCOC)[C@@H](O)[C@@H]1OC. The van der Waals surface area contributed by atoms with E-state index in [2.05, 4.69) is 13.5 Å². The quantitative estimate of drug-likeness (QED) is 0.540. The molecule has 1 aliphatic rings. The predicted molar refractivity (Wildman–Crippen MR) is 71.7 cm³/mol. The smallest absolute Gasteiger partial charge is 0.147 e. The summed E-state index contributed by atoms with van der Waals surface area (Å²) in [5.41, 5.74) is 0. The van der Waals surface area contributed by atoms with Gasteiger partial charge in [-0.1, -0.05) is 26.3 Å². The van der Waals surface area contributed by atoms with Gasteiger partial charge in [0.2, 0.25) is 0 Å². The maximum Gasteiger partial charge on any atom is 0.147 e. The molecular formula is C14H26O5. The van der Waals surface area contributed by atoms with Crippen LogP contribution in [0.4, 0.5) is 0 Å². The van der Waals surface area contributed by atoms with Gasteiger partial charge in [0.25, 0.3) is 0 Å². The van der Waals surface area contributed by atoms with Crippen molar-refractivity contribution in [2.24, 2.45) is 0 Å². The van der Waals surface area contributed by atoms with E-state index in [1.807, 2.05) is 0 Å². The molecule has 5 nitrogen and oxygen atoms in total. The second-order valence-corrected chi connectivity index (χ2v) is 4.80. The summed E-state index contributed by atoms with van der Waals surface area (Å²) in [5, 5.41) is 10.3. The van der Waals surface area contributed by atoms with Gasteiger partial charge in [0, 0.05) is 14.2 Å². The van der Waals surface area contributed by atoms with Crippen LogP contribution in [0.25, 0.3) is 0 Å². The minimum absolute atomic E-state index is 0.123. The van der Waals surface area contributed by atoms with Crippen LogP contribution < -0.4 is 0 Å². The third kappa shape index (κ3) is 4.45. The zero-order valence-electron chi connectivity index (χ0n) is 12.1. The molecule has 4 atom stereocenters. The molecule has 0 aromatic carbocycles. The fraction of sp³-hybridized carbons (Fsp3) is 0.857. The van der Waals surface area contributed by atoms with Crippen LogP contribution in [0.15, 0.2) is 12.3 Å². The van der Waals surface area contributed by atoms with Crippen LogP contribution in [0.3, 0.4) is 0 Å². The monoisotopic (exact) mass is 274 g/mol. The largest absolute Gasteiger partial charge is 0.490 e. The van der Waals surface area contributed by atoms with Crippen LogP contribution in [0.5, 0.6) is 0 Å². The number of methoxy groups -OCH3 is 2. The fourth-order valence-electron chi connectivity index (χ4n) is 2.35. The lowest BCUT2D eigenvalue weighted by Crippen LogP contribution is -2.53. The van der Waals surface area contributed by atoms with Crippen LogP contribution >= 0.6 is 0 Å². The van der Waals surface area contributed by atoms with Gasteiger partial charge in [0.1, 0.15) is 37.0 Å². The van der Waals surface area contributed by atoms with Gasteiger partial charge in [-0.3, -0.25) is 0 Å². The van der Waals surface area contributed by atoms with E-state index in [1.54, 1.807) is 7.11 Å². The third-order valence-electron chi connectivity index (χ3n) is 3.36. The van der Waals surface area contributed by atoms with Crippen LogP contribution in [-0.4, -0.2) is 50.5 Å². The zero-order valence-corrected chi connectivity index (χ0v) is 12.1. The number of ether oxygens (including phenoxy) is 4. The Labute approximate surface area is 115 Å². The first-order chi connectivity index (χ1) is 9.15. The van der Waals surface area contributed by atoms with E-state index < -0.39 is 18.3 Å². The summed E-state index contributed by atoms with van der Waals surface area (Å²) in [5.74, 6) is 0.466. The van der Waals surface area contributed by atoms with Gasteiger partial charge in [-0.25, -0.2) is 0 Å². The van der Waals surface area contributed by atoms with E-state index in [-0.39, 0.29) is 12.9 Å². The van der Waals surface area contributed by atoms with Crippen molar-refractivity contribution in [1.29, 1.82) is 0 Å². The second-order valence-electron chi connectivity index (χ2n) is 4.80. The minimum atomic E-state index is -0.784. The molecule has 0 bridgehead atoms. The molecule has 0 saturated carbocycles. The molecule has 1 aliphatic heterocycles. The van der Waals surface area contributed by atoms with Crippen molar-refractivity contribution in [2.45, 2.75) is 57.0 Å². The van der Waals surface area contributed by atoms with E-state index in [0.29, 0.717) is 5.76 Å². The highest BCUT2D eigenvalue weighted by Crippen LogP contribution is 2.29. The third-order valence-corrected chi connectivity index (χ3v) is 3.36. The highest BCUT2D eigenvalue weighted by Gasteiger charge is 2.43. The minimum Gasteiger partial charge on any atom is -0.490 e. The molecule has 0 amide bonds. The van der Waals surface area contributed by atoms with Crippen LogP contribution in [0.2, 0.25) is 0 Å². The van der Waals surface area contributed by atoms with E-state index >= 15 is 0 Å². The maximum absolute atomic E-state index is 10.3. The average molecular weight is 274 g/mol. The number of hydrogen-bond acceptors (Lipinski definition) is 5. The molecule has 1 saturated heterocycles. The molecule has 1 rings (SSSR count). The Morgan fingerprint density at radius 1 is 1.32 bits per heavy atom. The Morgan fingerprint density at radius 2 is 2.05 bits per heavy atom. The molecule has 0 unspecified atom stereocenters. The normalized spacial score (nSPS) is 31.3. The highest BCUT2D eigenvalue weighted by atomic mass is 16.7. The van der Waals surface area contributed by atoms with E-state index in [0.717, 1.165) is 25.7 Å². The number of unbranched alkanes of at least 4 members (excludes halogenated alkanes) is 2. The number of hydrogen-bond donors (Lipinski definition) is 1. The van der Waals surface area contributed by atoms with Gasteiger partial charge in [-0.05, 0) is 12.8 Å². The topological polar surface area (TPSA) is 57.2 Å². The van der Waals surface area contributed by atoms with Crippen molar-refractivity contribution in [3.8, 4) is 0 Å². The van der Waals surface area contributed by atoms with Gasteiger partial charge >= 0.3 is 0 Å². The van der Waals surface area contributed by atoms with Crippen molar-refractivity contribution < 1.29 is 24.1 Å². The molecular weight excluding hydrogens is 248 g/mol. The summed E-state index contributed by atoms with van der Waals surface area (Å²) in [7, 11) is 3.07. The number of rotatable bonds is 8. The first kappa shape index (κ1) is 16.4. The standard InChI is InChI=1S/C14H26O5/c1-5-6-7-8-11-14(18-9-16-3)12(15)13(17-4)10(2)19-11/h11-15H,2,5-9H2,1,3-4H3/t11-,12+,13-,14-/m1/s1. The Balaban J connectivity index is 2.66. The van der Waals surface area contributed by atoms with Gasteiger partial charge < -0.3 is 24.1 Å². The summed E-state index contributed by atoms with van der Waals surface area (Å²) in [6.45, 7) is 6.09. The molecule has 112 valence electrons. The average Bonchev–Trinajstić information content (AvgIpc) is 2.39. The molecule has 0 aromatic heterocycles. The van der Waals surface area contributed by atoms with Crippen LogP contribution in [0, 0.1) is 0 Å². The maximum atomic E-state index is 10.3. The molecule has 19 heavy (non-hydrogen) atoms. The Hall–Kier alpha value is -0.620. The van der Waals surface area contributed by atoms with E-state index in [4.69, 9.17) is 18.9 Å². The number of aliphatic hydroxyl groups excluding tert-OH is 1. The van der Waals surface area contributed by atoms with Crippen molar-refractivity contribution in [2.75, 3.05) is 21.0 Å². The fourth-order valence-corrected chi connectivity index (χ4v) is 2.35. The molecule has 0 aromatic rings.